The van der Waals surface area contributed by atoms with Crippen LogP contribution in [0, 0.1) is 6.92 Å². The first-order valence-corrected chi connectivity index (χ1v) is 7.43. The summed E-state index contributed by atoms with van der Waals surface area (Å²) >= 11 is 0. The molecule has 0 saturated heterocycles. The Balaban J connectivity index is 2.18. The number of rotatable bonds is 5. The number of phenols is 1. The Morgan fingerprint density at radius 2 is 2.00 bits per heavy atom. The number of nitrogens with one attached hydrogen (secondary N) is 2. The van der Waals surface area contributed by atoms with Gasteiger partial charge in [0.05, 0.1) is 11.3 Å². The van der Waals surface area contributed by atoms with Crippen molar-refractivity contribution in [2.45, 2.75) is 26.1 Å². The fraction of sp³-hybridized carbons (Fsp3) is 0.333. The van der Waals surface area contributed by atoms with Gasteiger partial charge >= 0.3 is 12.3 Å². The molecule has 0 aliphatic heterocycles. The van der Waals surface area contributed by atoms with Crippen LogP contribution in [-0.2, 0) is 6.18 Å². The summed E-state index contributed by atoms with van der Waals surface area (Å²) < 4.78 is 38.0. The second kappa shape index (κ2) is 7.42. The Kier molecular flexibility index (Phi) is 5.48. The lowest BCUT2D eigenvalue weighted by atomic mass is 10.1. The van der Waals surface area contributed by atoms with Gasteiger partial charge in [0.2, 0.25) is 5.95 Å². The first kappa shape index (κ1) is 19.2. The molecule has 2 aromatic rings. The number of anilines is 1. The second-order valence-electron chi connectivity index (χ2n) is 5.53. The number of carboxylic acid groups (broad SMARTS) is 1. The summed E-state index contributed by atoms with van der Waals surface area (Å²) in [7, 11) is 0. The molecule has 26 heavy (non-hydrogen) atoms. The number of hydrogen-bond donors (Lipinski definition) is 4. The Hall–Kier alpha value is -3.11. The molecule has 1 aromatic carbocycles. The molecule has 11 heteroatoms. The minimum Gasteiger partial charge on any atom is -0.507 e. The van der Waals surface area contributed by atoms with Crippen LogP contribution < -0.4 is 10.6 Å². The molecule has 0 spiro atoms. The monoisotopic (exact) mass is 371 g/mol. The number of carbonyl (C=O) groups is 1. The molecule has 1 unspecified atom stereocenters. The first-order valence-electron chi connectivity index (χ1n) is 7.43. The largest absolute Gasteiger partial charge is 0.507 e. The molecule has 0 saturated carbocycles. The Morgan fingerprint density at radius 3 is 2.54 bits per heavy atom. The van der Waals surface area contributed by atoms with Crippen molar-refractivity contribution < 1.29 is 28.2 Å². The number of aromatic nitrogens is 3. The highest BCUT2D eigenvalue weighted by Crippen LogP contribution is 2.36. The van der Waals surface area contributed by atoms with Crippen molar-refractivity contribution in [1.82, 2.24) is 20.5 Å². The average molecular weight is 371 g/mol. The zero-order chi connectivity index (χ0) is 19.5. The summed E-state index contributed by atoms with van der Waals surface area (Å²) in [5.41, 5.74) is -0.437. The first-order chi connectivity index (χ1) is 12.1. The van der Waals surface area contributed by atoms with Gasteiger partial charge in [-0.3, -0.25) is 0 Å². The molecule has 4 N–H and O–H groups in total. The number of halogens is 3. The van der Waals surface area contributed by atoms with E-state index in [9.17, 15) is 23.1 Å². The van der Waals surface area contributed by atoms with E-state index in [-0.39, 0.29) is 23.8 Å². The van der Waals surface area contributed by atoms with Gasteiger partial charge < -0.3 is 20.8 Å². The predicted octanol–water partition coefficient (Wildman–Crippen LogP) is 2.64. The molecule has 1 aromatic heterocycles. The van der Waals surface area contributed by atoms with Crippen molar-refractivity contribution in [3.63, 3.8) is 0 Å². The molecule has 2 rings (SSSR count). The van der Waals surface area contributed by atoms with E-state index in [0.717, 1.165) is 12.1 Å². The lowest BCUT2D eigenvalue weighted by molar-refractivity contribution is -0.137. The van der Waals surface area contributed by atoms with Crippen molar-refractivity contribution in [2.24, 2.45) is 0 Å². The normalized spacial score (nSPS) is 12.5. The Labute approximate surface area is 146 Å². The topological polar surface area (TPSA) is 120 Å². The SMILES string of the molecule is Cc1nc(NCC(C)NC(=O)O)nnc1-c1ccc(C(F)(F)F)cc1O. The maximum atomic E-state index is 12.7. The van der Waals surface area contributed by atoms with Gasteiger partial charge in [0.1, 0.15) is 11.4 Å². The highest BCUT2D eigenvalue weighted by atomic mass is 19.4. The van der Waals surface area contributed by atoms with E-state index in [1.54, 1.807) is 13.8 Å². The van der Waals surface area contributed by atoms with Gasteiger partial charge in [0, 0.05) is 18.2 Å². The van der Waals surface area contributed by atoms with Crippen LogP contribution in [0.1, 0.15) is 18.2 Å². The number of aromatic hydroxyl groups is 1. The molecule has 0 bridgehead atoms. The fourth-order valence-electron chi connectivity index (χ4n) is 2.14. The van der Waals surface area contributed by atoms with Crippen LogP contribution in [0.2, 0.25) is 0 Å². The van der Waals surface area contributed by atoms with E-state index in [2.05, 4.69) is 25.8 Å². The highest BCUT2D eigenvalue weighted by molar-refractivity contribution is 5.69. The van der Waals surface area contributed by atoms with E-state index in [1.165, 1.54) is 0 Å². The van der Waals surface area contributed by atoms with Crippen LogP contribution in [0.4, 0.5) is 23.9 Å². The van der Waals surface area contributed by atoms with Crippen LogP contribution >= 0.6 is 0 Å². The summed E-state index contributed by atoms with van der Waals surface area (Å²) in [4.78, 5) is 14.6. The standard InChI is InChI=1S/C15H16F3N5O3/c1-7(20-14(25)26)6-19-13-21-8(2)12(22-23-13)10-4-3-9(5-11(10)24)15(16,17)18/h3-5,7,20,24H,6H2,1-2H3,(H,25,26)(H,19,21,23). The van der Waals surface area contributed by atoms with Gasteiger partial charge in [-0.25, -0.2) is 9.78 Å². The molecular weight excluding hydrogens is 355 g/mol. The lowest BCUT2D eigenvalue weighted by Gasteiger charge is -2.13. The van der Waals surface area contributed by atoms with Crippen LogP contribution in [0.5, 0.6) is 5.75 Å². The number of benzene rings is 1. The van der Waals surface area contributed by atoms with Crippen molar-refractivity contribution in [3.05, 3.63) is 29.5 Å². The number of phenolic OH excluding ortho intramolecular Hbond substituents is 1. The van der Waals surface area contributed by atoms with E-state index >= 15 is 0 Å². The summed E-state index contributed by atoms with van der Waals surface area (Å²) in [5.74, 6) is -0.462. The second-order valence-corrected chi connectivity index (χ2v) is 5.53. The molecule has 140 valence electrons. The molecule has 0 fully saturated rings. The van der Waals surface area contributed by atoms with E-state index in [4.69, 9.17) is 5.11 Å². The summed E-state index contributed by atoms with van der Waals surface area (Å²) in [6.07, 6.45) is -5.73. The number of amides is 1. The summed E-state index contributed by atoms with van der Waals surface area (Å²) in [6.45, 7) is 3.40. The number of alkyl halides is 3. The zero-order valence-corrected chi connectivity index (χ0v) is 13.8. The van der Waals surface area contributed by atoms with Crippen LogP contribution in [0.15, 0.2) is 18.2 Å². The summed E-state index contributed by atoms with van der Waals surface area (Å²) in [5, 5.41) is 31.2. The molecule has 0 aliphatic carbocycles. The molecule has 1 atom stereocenters. The van der Waals surface area contributed by atoms with Crippen molar-refractivity contribution in [2.75, 3.05) is 11.9 Å². The van der Waals surface area contributed by atoms with Gasteiger partial charge in [-0.05, 0) is 32.0 Å². The molecule has 0 radical (unpaired) electrons. The third-order valence-corrected chi connectivity index (χ3v) is 3.38. The highest BCUT2D eigenvalue weighted by Gasteiger charge is 2.31. The van der Waals surface area contributed by atoms with Crippen molar-refractivity contribution in [1.29, 1.82) is 0 Å². The number of aryl methyl sites for hydroxylation is 1. The molecule has 1 amide bonds. The fourth-order valence-corrected chi connectivity index (χ4v) is 2.14. The van der Waals surface area contributed by atoms with Crippen molar-refractivity contribution in [3.8, 4) is 17.0 Å². The van der Waals surface area contributed by atoms with E-state index in [0.29, 0.717) is 11.8 Å². The molecule has 8 nitrogen and oxygen atoms in total. The van der Waals surface area contributed by atoms with E-state index in [1.807, 2.05) is 0 Å². The molecular formula is C15H16F3N5O3. The maximum Gasteiger partial charge on any atom is 0.416 e. The third kappa shape index (κ3) is 4.71. The third-order valence-electron chi connectivity index (χ3n) is 3.38. The van der Waals surface area contributed by atoms with Crippen molar-refractivity contribution >= 4 is 12.0 Å². The van der Waals surface area contributed by atoms with Gasteiger partial charge in [-0.15, -0.1) is 10.2 Å². The van der Waals surface area contributed by atoms with Gasteiger partial charge in [-0.2, -0.15) is 13.2 Å². The Bertz CT molecular complexity index is 814. The number of hydrogen-bond acceptors (Lipinski definition) is 6. The minimum atomic E-state index is -4.57. The van der Waals surface area contributed by atoms with Crippen LogP contribution in [0.3, 0.4) is 0 Å². The van der Waals surface area contributed by atoms with Crippen LogP contribution in [-0.4, -0.2) is 44.1 Å². The van der Waals surface area contributed by atoms with Gasteiger partial charge in [0.15, 0.2) is 0 Å². The predicted molar refractivity (Wildman–Crippen MR) is 85.8 cm³/mol. The molecule has 1 heterocycles. The van der Waals surface area contributed by atoms with E-state index < -0.39 is 29.6 Å². The zero-order valence-electron chi connectivity index (χ0n) is 13.8. The number of nitrogens with zero attached hydrogens (tertiary/aromatic N) is 3. The smallest absolute Gasteiger partial charge is 0.416 e. The lowest BCUT2D eigenvalue weighted by Crippen LogP contribution is -2.36. The van der Waals surface area contributed by atoms with Gasteiger partial charge in [0.25, 0.3) is 0 Å². The average Bonchev–Trinajstić information content (AvgIpc) is 2.52. The Morgan fingerprint density at radius 1 is 1.31 bits per heavy atom. The van der Waals surface area contributed by atoms with Gasteiger partial charge in [-0.1, -0.05) is 0 Å². The summed E-state index contributed by atoms with van der Waals surface area (Å²) in [6, 6.07) is 2.14. The van der Waals surface area contributed by atoms with Crippen LogP contribution in [0.25, 0.3) is 11.3 Å². The molecule has 0 aliphatic rings. The quantitative estimate of drug-likeness (QED) is 0.638. The maximum absolute atomic E-state index is 12.7. The minimum absolute atomic E-state index is 0.0722.